The van der Waals surface area contributed by atoms with Crippen LogP contribution in [0.1, 0.15) is 30.6 Å². The second kappa shape index (κ2) is 8.70. The van der Waals surface area contributed by atoms with E-state index in [2.05, 4.69) is 16.8 Å². The van der Waals surface area contributed by atoms with Crippen LogP contribution in [0.3, 0.4) is 0 Å². The molecule has 1 heterocycles. The van der Waals surface area contributed by atoms with Crippen LogP contribution in [0.15, 0.2) is 42.7 Å². The van der Waals surface area contributed by atoms with E-state index in [0.29, 0.717) is 18.5 Å². The van der Waals surface area contributed by atoms with Crippen molar-refractivity contribution in [1.29, 1.82) is 0 Å². The van der Waals surface area contributed by atoms with Gasteiger partial charge in [-0.25, -0.2) is 8.78 Å². The number of hydrogen-bond acceptors (Lipinski definition) is 3. The minimum atomic E-state index is -0.924. The van der Waals surface area contributed by atoms with Crippen molar-refractivity contribution in [3.05, 3.63) is 65.5 Å². The summed E-state index contributed by atoms with van der Waals surface area (Å²) in [5.74, 6) is -1.82. The van der Waals surface area contributed by atoms with Gasteiger partial charge >= 0.3 is 0 Å². The van der Waals surface area contributed by atoms with E-state index in [1.165, 1.54) is 11.6 Å². The van der Waals surface area contributed by atoms with Gasteiger partial charge in [0.1, 0.15) is 0 Å². The molecule has 0 amide bonds. The van der Waals surface area contributed by atoms with Crippen molar-refractivity contribution in [2.75, 3.05) is 19.6 Å². The van der Waals surface area contributed by atoms with Crippen LogP contribution in [0.2, 0.25) is 0 Å². The first-order valence-corrected chi connectivity index (χ1v) is 7.84. The van der Waals surface area contributed by atoms with Gasteiger partial charge in [-0.05, 0) is 54.8 Å². The molecule has 0 fully saturated rings. The Hall–Kier alpha value is -1.85. The summed E-state index contributed by atoms with van der Waals surface area (Å²) in [4.78, 5) is 6.22. The van der Waals surface area contributed by atoms with Crippen molar-refractivity contribution in [2.45, 2.75) is 25.9 Å². The first-order chi connectivity index (χ1) is 11.1. The van der Waals surface area contributed by atoms with Crippen LogP contribution in [0.5, 0.6) is 0 Å². The molecule has 0 saturated carbocycles. The Bertz CT molecular complexity index is 607. The number of likely N-dealkylation sites (N-methyl/N-ethyl adjacent to an activating group) is 1. The molecule has 2 rings (SSSR count). The van der Waals surface area contributed by atoms with E-state index in [0.717, 1.165) is 31.6 Å². The molecule has 3 nitrogen and oxygen atoms in total. The van der Waals surface area contributed by atoms with Gasteiger partial charge in [0.05, 0.1) is 6.10 Å². The monoisotopic (exact) mass is 320 g/mol. The molecule has 1 unspecified atom stereocenters. The highest BCUT2D eigenvalue weighted by molar-refractivity contribution is 5.20. The summed E-state index contributed by atoms with van der Waals surface area (Å²) in [6.07, 6.45) is 4.16. The maximum Gasteiger partial charge on any atom is 0.159 e. The van der Waals surface area contributed by atoms with Crippen molar-refractivity contribution in [3.8, 4) is 0 Å². The Kier molecular flexibility index (Phi) is 6.62. The van der Waals surface area contributed by atoms with E-state index < -0.39 is 17.7 Å². The van der Waals surface area contributed by atoms with Gasteiger partial charge in [0.25, 0.3) is 0 Å². The van der Waals surface area contributed by atoms with Gasteiger partial charge in [0, 0.05) is 25.5 Å². The molecular formula is C18H22F2N2O. The molecule has 1 aromatic heterocycles. The summed E-state index contributed by atoms with van der Waals surface area (Å²) < 4.78 is 26.1. The number of aromatic nitrogens is 1. The fraction of sp³-hybridized carbons (Fsp3) is 0.389. The number of pyridine rings is 1. The molecule has 124 valence electrons. The molecule has 0 saturated heterocycles. The molecule has 0 aliphatic carbocycles. The highest BCUT2D eigenvalue weighted by atomic mass is 19.2. The molecule has 1 atom stereocenters. The molecule has 23 heavy (non-hydrogen) atoms. The molecule has 5 heteroatoms. The first-order valence-electron chi connectivity index (χ1n) is 7.84. The maximum atomic E-state index is 13.2. The Labute approximate surface area is 135 Å². The Balaban J connectivity index is 1.83. The van der Waals surface area contributed by atoms with Crippen molar-refractivity contribution in [2.24, 2.45) is 0 Å². The summed E-state index contributed by atoms with van der Waals surface area (Å²) >= 11 is 0. The number of rotatable bonds is 8. The lowest BCUT2D eigenvalue weighted by Gasteiger charge is -2.22. The number of hydrogen-bond donors (Lipinski definition) is 1. The predicted molar refractivity (Wildman–Crippen MR) is 86.0 cm³/mol. The van der Waals surface area contributed by atoms with E-state index in [1.807, 2.05) is 12.1 Å². The number of aliphatic hydroxyl groups is 1. The smallest absolute Gasteiger partial charge is 0.159 e. The zero-order valence-electron chi connectivity index (χ0n) is 13.3. The molecule has 0 aliphatic rings. The lowest BCUT2D eigenvalue weighted by atomic mass is 10.1. The minimum Gasteiger partial charge on any atom is -0.388 e. The van der Waals surface area contributed by atoms with Crippen molar-refractivity contribution in [1.82, 2.24) is 9.88 Å². The van der Waals surface area contributed by atoms with Gasteiger partial charge in [0.15, 0.2) is 11.6 Å². The Morgan fingerprint density at radius 3 is 2.48 bits per heavy atom. The highest BCUT2D eigenvalue weighted by Crippen LogP contribution is 2.19. The summed E-state index contributed by atoms with van der Waals surface area (Å²) in [5.41, 5.74) is 1.63. The molecule has 0 bridgehead atoms. The SMILES string of the molecule is CCN(CCc1ccncc1)CCC(O)c1ccc(F)c(F)c1. The van der Waals surface area contributed by atoms with Gasteiger partial charge in [-0.1, -0.05) is 13.0 Å². The topological polar surface area (TPSA) is 36.4 Å². The fourth-order valence-electron chi connectivity index (χ4n) is 2.46. The van der Waals surface area contributed by atoms with E-state index in [1.54, 1.807) is 12.4 Å². The quantitative estimate of drug-likeness (QED) is 0.810. The number of halogens is 2. The van der Waals surface area contributed by atoms with Crippen LogP contribution < -0.4 is 0 Å². The molecule has 0 radical (unpaired) electrons. The van der Waals surface area contributed by atoms with Crippen LogP contribution in [-0.4, -0.2) is 34.6 Å². The average Bonchev–Trinajstić information content (AvgIpc) is 2.58. The second-order valence-corrected chi connectivity index (χ2v) is 5.52. The summed E-state index contributed by atoms with van der Waals surface area (Å²) in [6, 6.07) is 7.52. The van der Waals surface area contributed by atoms with E-state index in [4.69, 9.17) is 0 Å². The largest absolute Gasteiger partial charge is 0.388 e. The fourth-order valence-corrected chi connectivity index (χ4v) is 2.46. The minimum absolute atomic E-state index is 0.411. The maximum absolute atomic E-state index is 13.2. The molecule has 0 aliphatic heterocycles. The van der Waals surface area contributed by atoms with Gasteiger partial charge in [-0.15, -0.1) is 0 Å². The average molecular weight is 320 g/mol. The summed E-state index contributed by atoms with van der Waals surface area (Å²) in [7, 11) is 0. The van der Waals surface area contributed by atoms with Crippen LogP contribution in [-0.2, 0) is 6.42 Å². The second-order valence-electron chi connectivity index (χ2n) is 5.52. The van der Waals surface area contributed by atoms with Gasteiger partial charge in [-0.3, -0.25) is 4.98 Å². The van der Waals surface area contributed by atoms with E-state index in [9.17, 15) is 13.9 Å². The van der Waals surface area contributed by atoms with Crippen molar-refractivity contribution in [3.63, 3.8) is 0 Å². The van der Waals surface area contributed by atoms with Gasteiger partial charge in [-0.2, -0.15) is 0 Å². The first kappa shape index (κ1) is 17.5. The van der Waals surface area contributed by atoms with Gasteiger partial charge < -0.3 is 10.0 Å². The number of benzene rings is 1. The van der Waals surface area contributed by atoms with Crippen molar-refractivity contribution < 1.29 is 13.9 Å². The molecular weight excluding hydrogens is 298 g/mol. The summed E-state index contributed by atoms with van der Waals surface area (Å²) in [6.45, 7) is 4.51. The third kappa shape index (κ3) is 5.37. The number of aliphatic hydroxyl groups excluding tert-OH is 1. The van der Waals surface area contributed by atoms with Crippen LogP contribution in [0.25, 0.3) is 0 Å². The Morgan fingerprint density at radius 2 is 1.83 bits per heavy atom. The van der Waals surface area contributed by atoms with Crippen molar-refractivity contribution >= 4 is 0 Å². The molecule has 1 aromatic carbocycles. The zero-order chi connectivity index (χ0) is 16.7. The lowest BCUT2D eigenvalue weighted by molar-refractivity contribution is 0.143. The van der Waals surface area contributed by atoms with Gasteiger partial charge in [0.2, 0.25) is 0 Å². The molecule has 1 N–H and O–H groups in total. The van der Waals surface area contributed by atoms with Crippen LogP contribution in [0.4, 0.5) is 8.78 Å². The standard InChI is InChI=1S/C18H22F2N2O/c1-2-22(11-7-14-5-9-21-10-6-14)12-8-18(23)15-3-4-16(19)17(20)13-15/h3-6,9-10,13,18,23H,2,7-8,11-12H2,1H3. The predicted octanol–water partition coefficient (Wildman–Crippen LogP) is 3.35. The third-order valence-corrected chi connectivity index (χ3v) is 3.96. The van der Waals surface area contributed by atoms with Crippen LogP contribution in [0, 0.1) is 11.6 Å². The third-order valence-electron chi connectivity index (χ3n) is 3.96. The lowest BCUT2D eigenvalue weighted by Crippen LogP contribution is -2.28. The van der Waals surface area contributed by atoms with E-state index >= 15 is 0 Å². The molecule has 0 spiro atoms. The zero-order valence-corrected chi connectivity index (χ0v) is 13.3. The summed E-state index contributed by atoms with van der Waals surface area (Å²) in [5, 5.41) is 10.1. The number of nitrogens with zero attached hydrogens (tertiary/aromatic N) is 2. The van der Waals surface area contributed by atoms with E-state index in [-0.39, 0.29) is 0 Å². The highest BCUT2D eigenvalue weighted by Gasteiger charge is 2.12. The molecule has 2 aromatic rings. The normalized spacial score (nSPS) is 12.6. The van der Waals surface area contributed by atoms with Crippen LogP contribution >= 0.6 is 0 Å². The Morgan fingerprint density at radius 1 is 1.09 bits per heavy atom.